The van der Waals surface area contributed by atoms with Crippen LogP contribution in [0.2, 0.25) is 0 Å². The number of hydrogen-bond acceptors (Lipinski definition) is 3. The average molecular weight is 251 g/mol. The first-order valence-corrected chi connectivity index (χ1v) is 6.65. The Morgan fingerprint density at radius 3 is 2.44 bits per heavy atom. The topological polar surface area (TPSA) is 41.5 Å². The molecular weight excluding hydrogens is 226 g/mol. The number of unbranched alkanes of at least 4 members (excludes halogenated alkanes) is 1. The molecule has 0 bridgehead atoms. The van der Waals surface area contributed by atoms with E-state index in [1.807, 2.05) is 26.0 Å². The lowest BCUT2D eigenvalue weighted by Gasteiger charge is -2.23. The summed E-state index contributed by atoms with van der Waals surface area (Å²) in [4.78, 5) is 0. The second kappa shape index (κ2) is 7.39. The lowest BCUT2D eigenvalue weighted by atomic mass is 10.1. The van der Waals surface area contributed by atoms with Gasteiger partial charge in [-0.05, 0) is 38.0 Å². The van der Waals surface area contributed by atoms with E-state index in [-0.39, 0.29) is 12.1 Å². The summed E-state index contributed by atoms with van der Waals surface area (Å²) in [7, 11) is 0. The molecule has 0 atom stereocenters. The summed E-state index contributed by atoms with van der Waals surface area (Å²) in [6, 6.07) is 8.11. The Morgan fingerprint density at radius 1 is 1.22 bits per heavy atom. The third kappa shape index (κ3) is 5.52. The van der Waals surface area contributed by atoms with Crippen LogP contribution in [0, 0.1) is 0 Å². The zero-order valence-electron chi connectivity index (χ0n) is 11.7. The molecule has 0 saturated carbocycles. The average Bonchev–Trinajstić information content (AvgIpc) is 2.38. The second-order valence-electron chi connectivity index (χ2n) is 5.24. The zero-order chi connectivity index (χ0) is 13.4. The normalized spacial score (nSPS) is 11.6. The Morgan fingerprint density at radius 2 is 1.89 bits per heavy atom. The molecule has 0 amide bonds. The van der Waals surface area contributed by atoms with Gasteiger partial charge in [0.05, 0.1) is 13.2 Å². The minimum atomic E-state index is -0.240. The Labute approximate surface area is 110 Å². The first-order chi connectivity index (χ1) is 8.57. The summed E-state index contributed by atoms with van der Waals surface area (Å²) >= 11 is 0. The van der Waals surface area contributed by atoms with Crippen molar-refractivity contribution in [2.75, 3.05) is 13.2 Å². The van der Waals surface area contributed by atoms with Gasteiger partial charge in [0.2, 0.25) is 0 Å². The fraction of sp³-hybridized carbons (Fsp3) is 0.600. The highest BCUT2D eigenvalue weighted by Gasteiger charge is 2.14. The van der Waals surface area contributed by atoms with E-state index in [1.165, 1.54) is 5.56 Å². The molecule has 0 aromatic heterocycles. The van der Waals surface area contributed by atoms with Crippen LogP contribution in [0.25, 0.3) is 0 Å². The molecule has 3 heteroatoms. The van der Waals surface area contributed by atoms with Crippen LogP contribution in [-0.4, -0.2) is 23.9 Å². The molecule has 1 aromatic rings. The number of nitrogens with one attached hydrogen (secondary N) is 1. The van der Waals surface area contributed by atoms with Gasteiger partial charge in [0.1, 0.15) is 5.75 Å². The van der Waals surface area contributed by atoms with Gasteiger partial charge in [-0.3, -0.25) is 0 Å². The van der Waals surface area contributed by atoms with Crippen LogP contribution in [0.3, 0.4) is 0 Å². The Kier molecular flexibility index (Phi) is 6.16. The van der Waals surface area contributed by atoms with E-state index >= 15 is 0 Å². The van der Waals surface area contributed by atoms with Crippen LogP contribution in [0.5, 0.6) is 5.75 Å². The van der Waals surface area contributed by atoms with Gasteiger partial charge in [0.25, 0.3) is 0 Å². The molecule has 18 heavy (non-hydrogen) atoms. The maximum absolute atomic E-state index is 9.15. The van der Waals surface area contributed by atoms with Crippen molar-refractivity contribution in [2.24, 2.45) is 0 Å². The van der Waals surface area contributed by atoms with Gasteiger partial charge in [-0.25, -0.2) is 0 Å². The molecule has 1 aromatic carbocycles. The summed E-state index contributed by atoms with van der Waals surface area (Å²) in [6.45, 7) is 7.78. The maximum Gasteiger partial charge on any atom is 0.119 e. The van der Waals surface area contributed by atoms with Crippen LogP contribution in [0.4, 0.5) is 0 Å². The van der Waals surface area contributed by atoms with Gasteiger partial charge in [0.15, 0.2) is 0 Å². The summed E-state index contributed by atoms with van der Waals surface area (Å²) < 4.78 is 5.61. The molecule has 1 rings (SSSR count). The van der Waals surface area contributed by atoms with Crippen molar-refractivity contribution in [3.63, 3.8) is 0 Å². The predicted molar refractivity (Wildman–Crippen MR) is 74.8 cm³/mol. The predicted octanol–water partition coefficient (Wildman–Crippen LogP) is 2.73. The fourth-order valence-electron chi connectivity index (χ4n) is 1.44. The molecule has 0 unspecified atom stereocenters. The first kappa shape index (κ1) is 15.0. The molecule has 0 heterocycles. The number of benzene rings is 1. The Hall–Kier alpha value is -1.06. The molecule has 0 fully saturated rings. The smallest absolute Gasteiger partial charge is 0.119 e. The molecule has 0 spiro atoms. The molecule has 3 nitrogen and oxygen atoms in total. The van der Waals surface area contributed by atoms with Gasteiger partial charge in [0, 0.05) is 12.1 Å². The molecule has 2 N–H and O–H groups in total. The molecule has 0 aliphatic rings. The van der Waals surface area contributed by atoms with Crippen molar-refractivity contribution in [3.05, 3.63) is 29.8 Å². The van der Waals surface area contributed by atoms with Crippen LogP contribution in [-0.2, 0) is 6.54 Å². The molecule has 0 saturated heterocycles. The Bertz CT molecular complexity index is 333. The molecule has 0 aliphatic heterocycles. The third-order valence-electron chi connectivity index (χ3n) is 2.86. The minimum Gasteiger partial charge on any atom is -0.494 e. The Balaban J connectivity index is 2.40. The van der Waals surface area contributed by atoms with Gasteiger partial charge in [-0.15, -0.1) is 0 Å². The summed E-state index contributed by atoms with van der Waals surface area (Å²) in [5.74, 6) is 0.925. The largest absolute Gasteiger partial charge is 0.494 e. The highest BCUT2D eigenvalue weighted by Crippen LogP contribution is 2.13. The van der Waals surface area contributed by atoms with Crippen LogP contribution >= 0.6 is 0 Å². The van der Waals surface area contributed by atoms with E-state index in [0.29, 0.717) is 0 Å². The first-order valence-electron chi connectivity index (χ1n) is 6.65. The van der Waals surface area contributed by atoms with Crippen molar-refractivity contribution >= 4 is 0 Å². The van der Waals surface area contributed by atoms with E-state index in [9.17, 15) is 0 Å². The minimum absolute atomic E-state index is 0.130. The summed E-state index contributed by atoms with van der Waals surface area (Å²) in [6.07, 6.45) is 2.24. The van der Waals surface area contributed by atoms with Crippen molar-refractivity contribution in [2.45, 2.75) is 45.7 Å². The molecular formula is C15H25NO2. The summed E-state index contributed by atoms with van der Waals surface area (Å²) in [5, 5.41) is 12.5. The van der Waals surface area contributed by atoms with Gasteiger partial charge in [-0.1, -0.05) is 25.5 Å². The summed E-state index contributed by atoms with van der Waals surface area (Å²) in [5.41, 5.74) is 0.954. The van der Waals surface area contributed by atoms with Crippen LogP contribution < -0.4 is 10.1 Å². The van der Waals surface area contributed by atoms with Crippen molar-refractivity contribution in [1.29, 1.82) is 0 Å². The van der Waals surface area contributed by atoms with Crippen LogP contribution in [0.1, 0.15) is 39.2 Å². The number of rotatable bonds is 8. The van der Waals surface area contributed by atoms with Crippen molar-refractivity contribution in [1.82, 2.24) is 5.32 Å². The van der Waals surface area contributed by atoms with Gasteiger partial charge in [-0.2, -0.15) is 0 Å². The SMILES string of the molecule is CCCCOc1ccc(CNC(C)(C)CO)cc1. The highest BCUT2D eigenvalue weighted by atomic mass is 16.5. The third-order valence-corrected chi connectivity index (χ3v) is 2.86. The van der Waals surface area contributed by atoms with E-state index in [4.69, 9.17) is 9.84 Å². The lowest BCUT2D eigenvalue weighted by Crippen LogP contribution is -2.42. The number of aliphatic hydroxyl groups excluding tert-OH is 1. The number of ether oxygens (including phenoxy) is 1. The van der Waals surface area contributed by atoms with E-state index in [0.717, 1.165) is 31.7 Å². The standard InChI is InChI=1S/C15H25NO2/c1-4-5-10-18-14-8-6-13(7-9-14)11-16-15(2,3)12-17/h6-9,16-17H,4-5,10-12H2,1-3H3. The van der Waals surface area contributed by atoms with Crippen molar-refractivity contribution in [3.8, 4) is 5.75 Å². The molecule has 0 radical (unpaired) electrons. The van der Waals surface area contributed by atoms with E-state index < -0.39 is 0 Å². The van der Waals surface area contributed by atoms with E-state index in [2.05, 4.69) is 24.4 Å². The fourth-order valence-corrected chi connectivity index (χ4v) is 1.44. The number of hydrogen-bond donors (Lipinski definition) is 2. The van der Waals surface area contributed by atoms with E-state index in [1.54, 1.807) is 0 Å². The lowest BCUT2D eigenvalue weighted by molar-refractivity contribution is 0.187. The quantitative estimate of drug-likeness (QED) is 0.698. The monoisotopic (exact) mass is 251 g/mol. The number of aliphatic hydroxyl groups is 1. The van der Waals surface area contributed by atoms with Gasteiger partial charge < -0.3 is 15.2 Å². The van der Waals surface area contributed by atoms with Crippen LogP contribution in [0.15, 0.2) is 24.3 Å². The van der Waals surface area contributed by atoms with Crippen molar-refractivity contribution < 1.29 is 9.84 Å². The molecule has 102 valence electrons. The maximum atomic E-state index is 9.15. The second-order valence-corrected chi connectivity index (χ2v) is 5.24. The zero-order valence-corrected chi connectivity index (χ0v) is 11.7. The highest BCUT2D eigenvalue weighted by molar-refractivity contribution is 5.27. The molecule has 0 aliphatic carbocycles. The van der Waals surface area contributed by atoms with Gasteiger partial charge >= 0.3 is 0 Å².